The lowest BCUT2D eigenvalue weighted by Gasteiger charge is -2.15. The minimum absolute atomic E-state index is 0.168. The van der Waals surface area contributed by atoms with Crippen LogP contribution in [0.1, 0.15) is 34.6 Å². The summed E-state index contributed by atoms with van der Waals surface area (Å²) >= 11 is 3.09. The SMILES string of the molecule is CC(NC(=O)c1nc(Br)ccc1O)c1ccc(C(F)(F)F)cc1. The number of nitrogens with zero attached hydrogens (tertiary/aromatic N) is 1. The highest BCUT2D eigenvalue weighted by Gasteiger charge is 2.30. The number of hydrogen-bond acceptors (Lipinski definition) is 3. The second-order valence-corrected chi connectivity index (χ2v) is 5.63. The van der Waals surface area contributed by atoms with E-state index in [0.717, 1.165) is 12.1 Å². The predicted octanol–water partition coefficient (Wildman–Crippen LogP) is 4.06. The van der Waals surface area contributed by atoms with Crippen LogP contribution in [0.25, 0.3) is 0 Å². The third kappa shape index (κ3) is 4.22. The molecule has 23 heavy (non-hydrogen) atoms. The van der Waals surface area contributed by atoms with Crippen LogP contribution in [0, 0.1) is 0 Å². The molecule has 1 aromatic heterocycles. The van der Waals surface area contributed by atoms with Gasteiger partial charge in [-0.15, -0.1) is 0 Å². The van der Waals surface area contributed by atoms with E-state index < -0.39 is 23.7 Å². The number of pyridine rings is 1. The summed E-state index contributed by atoms with van der Waals surface area (Å²) in [6.07, 6.45) is -4.41. The molecule has 2 aromatic rings. The van der Waals surface area contributed by atoms with E-state index in [1.54, 1.807) is 6.92 Å². The van der Waals surface area contributed by atoms with Gasteiger partial charge in [-0.2, -0.15) is 13.2 Å². The Hall–Kier alpha value is -2.09. The number of carbonyl (C=O) groups excluding carboxylic acids is 1. The van der Waals surface area contributed by atoms with Crippen molar-refractivity contribution in [1.82, 2.24) is 10.3 Å². The van der Waals surface area contributed by atoms with Gasteiger partial charge in [0.05, 0.1) is 11.6 Å². The third-order valence-corrected chi connectivity index (χ3v) is 3.58. The molecule has 1 atom stereocenters. The molecule has 0 fully saturated rings. The molecule has 2 rings (SSSR count). The van der Waals surface area contributed by atoms with E-state index in [4.69, 9.17) is 0 Å². The predicted molar refractivity (Wildman–Crippen MR) is 80.9 cm³/mol. The first kappa shape index (κ1) is 17.3. The second kappa shape index (κ2) is 6.57. The summed E-state index contributed by atoms with van der Waals surface area (Å²) in [6, 6.07) is 6.73. The molecule has 1 heterocycles. The summed E-state index contributed by atoms with van der Waals surface area (Å²) in [4.78, 5) is 16.0. The maximum absolute atomic E-state index is 12.5. The van der Waals surface area contributed by atoms with E-state index in [1.165, 1.54) is 24.3 Å². The summed E-state index contributed by atoms with van der Waals surface area (Å²) in [5, 5.41) is 12.2. The molecule has 8 heteroatoms. The fraction of sp³-hybridized carbons (Fsp3) is 0.200. The molecule has 1 unspecified atom stereocenters. The quantitative estimate of drug-likeness (QED) is 0.779. The molecule has 2 N–H and O–H groups in total. The molecule has 122 valence electrons. The van der Waals surface area contributed by atoms with Crippen molar-refractivity contribution in [3.05, 3.63) is 57.8 Å². The van der Waals surface area contributed by atoms with Gasteiger partial charge >= 0.3 is 6.18 Å². The molecule has 0 bridgehead atoms. The zero-order chi connectivity index (χ0) is 17.2. The zero-order valence-corrected chi connectivity index (χ0v) is 13.4. The van der Waals surface area contributed by atoms with Crippen LogP contribution in [0.3, 0.4) is 0 Å². The topological polar surface area (TPSA) is 62.2 Å². The second-order valence-electron chi connectivity index (χ2n) is 4.82. The van der Waals surface area contributed by atoms with Gasteiger partial charge in [-0.1, -0.05) is 12.1 Å². The number of nitrogens with one attached hydrogen (secondary N) is 1. The fourth-order valence-corrected chi connectivity index (χ4v) is 2.21. The van der Waals surface area contributed by atoms with E-state index in [2.05, 4.69) is 26.2 Å². The van der Waals surface area contributed by atoms with E-state index in [9.17, 15) is 23.1 Å². The molecule has 0 spiro atoms. The number of aromatic hydroxyl groups is 1. The van der Waals surface area contributed by atoms with Crippen molar-refractivity contribution in [2.45, 2.75) is 19.1 Å². The van der Waals surface area contributed by atoms with Gasteiger partial charge in [-0.3, -0.25) is 4.79 Å². The van der Waals surface area contributed by atoms with Crippen LogP contribution in [-0.4, -0.2) is 16.0 Å². The highest BCUT2D eigenvalue weighted by molar-refractivity contribution is 9.10. The normalized spacial score (nSPS) is 12.7. The summed E-state index contributed by atoms with van der Waals surface area (Å²) in [6.45, 7) is 1.62. The third-order valence-electron chi connectivity index (χ3n) is 3.14. The van der Waals surface area contributed by atoms with Gasteiger partial charge in [-0.25, -0.2) is 4.98 Å². The number of benzene rings is 1. The van der Waals surface area contributed by atoms with E-state index in [-0.39, 0.29) is 11.4 Å². The van der Waals surface area contributed by atoms with E-state index >= 15 is 0 Å². The lowest BCUT2D eigenvalue weighted by Crippen LogP contribution is -2.27. The molecule has 0 aliphatic heterocycles. The van der Waals surface area contributed by atoms with Gasteiger partial charge in [-0.05, 0) is 52.7 Å². The van der Waals surface area contributed by atoms with E-state index in [0.29, 0.717) is 10.2 Å². The Morgan fingerprint density at radius 3 is 2.39 bits per heavy atom. The number of alkyl halides is 3. The standard InChI is InChI=1S/C15H12BrF3N2O2/c1-8(9-2-4-10(5-3-9)15(17,18)19)20-14(23)13-11(22)6-7-12(16)21-13/h2-8,22H,1H3,(H,20,23). The van der Waals surface area contributed by atoms with Crippen LogP contribution in [0.4, 0.5) is 13.2 Å². The molecular weight excluding hydrogens is 377 g/mol. The molecule has 0 saturated carbocycles. The lowest BCUT2D eigenvalue weighted by molar-refractivity contribution is -0.137. The van der Waals surface area contributed by atoms with Crippen molar-refractivity contribution in [3.8, 4) is 5.75 Å². The Bertz CT molecular complexity index is 718. The first-order valence-electron chi connectivity index (χ1n) is 6.52. The van der Waals surface area contributed by atoms with Crippen molar-refractivity contribution in [1.29, 1.82) is 0 Å². The number of hydrogen-bond donors (Lipinski definition) is 2. The van der Waals surface area contributed by atoms with Crippen molar-refractivity contribution in [2.24, 2.45) is 0 Å². The summed E-state index contributed by atoms with van der Waals surface area (Å²) < 4.78 is 37.9. The number of aromatic nitrogens is 1. The summed E-state index contributed by atoms with van der Waals surface area (Å²) in [5.41, 5.74) is -0.426. The smallest absolute Gasteiger partial charge is 0.416 e. The van der Waals surface area contributed by atoms with Crippen LogP contribution in [0.5, 0.6) is 5.75 Å². The van der Waals surface area contributed by atoms with Gasteiger partial charge in [0.2, 0.25) is 0 Å². The van der Waals surface area contributed by atoms with Crippen LogP contribution in [0.15, 0.2) is 41.0 Å². The number of rotatable bonds is 3. The van der Waals surface area contributed by atoms with Gasteiger partial charge < -0.3 is 10.4 Å². The number of carbonyl (C=O) groups is 1. The molecule has 0 saturated heterocycles. The van der Waals surface area contributed by atoms with E-state index in [1.807, 2.05) is 0 Å². The minimum Gasteiger partial charge on any atom is -0.505 e. The van der Waals surface area contributed by atoms with Crippen molar-refractivity contribution in [2.75, 3.05) is 0 Å². The van der Waals surface area contributed by atoms with Crippen molar-refractivity contribution in [3.63, 3.8) is 0 Å². The Morgan fingerprint density at radius 2 is 1.83 bits per heavy atom. The van der Waals surface area contributed by atoms with Gasteiger partial charge in [0.1, 0.15) is 10.4 Å². The molecular formula is C15H12BrF3N2O2. The Morgan fingerprint density at radius 1 is 1.22 bits per heavy atom. The molecule has 0 aliphatic carbocycles. The lowest BCUT2D eigenvalue weighted by atomic mass is 10.1. The molecule has 0 aliphatic rings. The average molecular weight is 389 g/mol. The maximum Gasteiger partial charge on any atom is 0.416 e. The first-order valence-corrected chi connectivity index (χ1v) is 7.31. The average Bonchev–Trinajstić information content (AvgIpc) is 2.48. The van der Waals surface area contributed by atoms with Crippen molar-refractivity contribution >= 4 is 21.8 Å². The molecule has 1 amide bonds. The summed E-state index contributed by atoms with van der Waals surface area (Å²) in [5.74, 6) is -0.915. The number of halogens is 4. The zero-order valence-electron chi connectivity index (χ0n) is 11.9. The van der Waals surface area contributed by atoms with Gasteiger partial charge in [0.15, 0.2) is 5.69 Å². The van der Waals surface area contributed by atoms with Crippen LogP contribution in [0.2, 0.25) is 0 Å². The van der Waals surface area contributed by atoms with Gasteiger partial charge in [0.25, 0.3) is 5.91 Å². The Labute approximate surface area is 138 Å². The fourth-order valence-electron chi connectivity index (χ4n) is 1.90. The Kier molecular flexibility index (Phi) is 4.93. The minimum atomic E-state index is -4.41. The Balaban J connectivity index is 2.14. The monoisotopic (exact) mass is 388 g/mol. The van der Waals surface area contributed by atoms with Crippen LogP contribution in [-0.2, 0) is 6.18 Å². The van der Waals surface area contributed by atoms with Crippen LogP contribution < -0.4 is 5.32 Å². The largest absolute Gasteiger partial charge is 0.505 e. The summed E-state index contributed by atoms with van der Waals surface area (Å²) in [7, 11) is 0. The highest BCUT2D eigenvalue weighted by atomic mass is 79.9. The first-order chi connectivity index (χ1) is 10.7. The molecule has 1 aromatic carbocycles. The molecule has 0 radical (unpaired) electrons. The number of amides is 1. The maximum atomic E-state index is 12.5. The van der Waals surface area contributed by atoms with Gasteiger partial charge in [0, 0.05) is 0 Å². The molecule has 4 nitrogen and oxygen atoms in total. The van der Waals surface area contributed by atoms with Crippen molar-refractivity contribution < 1.29 is 23.1 Å². The van der Waals surface area contributed by atoms with Crippen LogP contribution >= 0.6 is 15.9 Å². The highest BCUT2D eigenvalue weighted by Crippen LogP contribution is 2.30.